The van der Waals surface area contributed by atoms with Gasteiger partial charge in [0.1, 0.15) is 17.3 Å². The Morgan fingerprint density at radius 3 is 2.34 bits per heavy atom. The molecule has 0 unspecified atom stereocenters. The van der Waals surface area contributed by atoms with Crippen molar-refractivity contribution in [3.05, 3.63) is 72.0 Å². The fourth-order valence-corrected chi connectivity index (χ4v) is 3.32. The number of nitrogens with zero attached hydrogens (tertiary/aromatic N) is 2. The van der Waals surface area contributed by atoms with Crippen LogP contribution in [0.1, 0.15) is 12.5 Å². The third kappa shape index (κ3) is 5.16. The van der Waals surface area contributed by atoms with Gasteiger partial charge in [-0.1, -0.05) is 0 Å². The minimum atomic E-state index is -4.73. The molecule has 4 rings (SSSR count). The molecule has 1 heterocycles. The molecule has 0 bridgehead atoms. The number of alkyl halides is 3. The molecule has 0 fully saturated rings. The lowest BCUT2D eigenvalue weighted by Crippen LogP contribution is -2.32. The van der Waals surface area contributed by atoms with E-state index in [2.05, 4.69) is 15.3 Å². The Hall–Kier alpha value is -4.61. The number of carbonyl (C=O) groups excluding carboxylic acids is 2. The molecule has 0 aliphatic rings. The van der Waals surface area contributed by atoms with Crippen LogP contribution in [0.5, 0.6) is 11.5 Å². The standard InChI is InChI=1S/C23H17F4N5O3/c1-12(33)29-22-30-18-9-7-16(11-19(18)31-22)35-15-5-3-14(4-6-15)32(21(28)34)20-10-13(23(25,26)27)2-8-17(20)24/h2-11H,1H3,(H2,28,34)(H2,29,30,31,33). The number of carbonyl (C=O) groups is 2. The van der Waals surface area contributed by atoms with Gasteiger partial charge in [-0.15, -0.1) is 0 Å². The lowest BCUT2D eigenvalue weighted by atomic mass is 10.1. The van der Waals surface area contributed by atoms with E-state index in [0.717, 1.165) is 0 Å². The van der Waals surface area contributed by atoms with Crippen LogP contribution in [-0.4, -0.2) is 21.9 Å². The number of aromatic amines is 1. The number of benzene rings is 3. The normalized spacial score (nSPS) is 11.3. The fraction of sp³-hybridized carbons (Fsp3) is 0.0870. The van der Waals surface area contributed by atoms with E-state index < -0.39 is 29.3 Å². The molecule has 8 nitrogen and oxygen atoms in total. The van der Waals surface area contributed by atoms with Crippen LogP contribution in [0.4, 0.5) is 39.7 Å². The number of anilines is 3. The average molecular weight is 487 g/mol. The van der Waals surface area contributed by atoms with Crippen LogP contribution in [0.25, 0.3) is 11.0 Å². The first-order valence-electron chi connectivity index (χ1n) is 10.0. The van der Waals surface area contributed by atoms with E-state index in [1.807, 2.05) is 0 Å². The number of hydrogen-bond donors (Lipinski definition) is 3. The van der Waals surface area contributed by atoms with Gasteiger partial charge >= 0.3 is 12.2 Å². The summed E-state index contributed by atoms with van der Waals surface area (Å²) in [4.78, 5) is 31.0. The van der Waals surface area contributed by atoms with Crippen LogP contribution in [-0.2, 0) is 11.0 Å². The molecule has 1 aromatic heterocycles. The Bertz CT molecular complexity index is 1420. The number of halogens is 4. The number of hydrogen-bond acceptors (Lipinski definition) is 4. The Kier molecular flexibility index (Phi) is 6.03. The summed E-state index contributed by atoms with van der Waals surface area (Å²) in [5.74, 6) is -0.316. The Labute approximate surface area is 195 Å². The number of rotatable bonds is 5. The molecular formula is C23H17F4N5O3. The van der Waals surface area contributed by atoms with Gasteiger partial charge in [0.25, 0.3) is 0 Å². The minimum absolute atomic E-state index is 0.0343. The maximum atomic E-state index is 14.3. The molecule has 180 valence electrons. The quantitative estimate of drug-likeness (QED) is 0.314. The summed E-state index contributed by atoms with van der Waals surface area (Å²) in [5.41, 5.74) is 4.81. The number of amides is 3. The van der Waals surface area contributed by atoms with Crippen molar-refractivity contribution in [3.63, 3.8) is 0 Å². The first-order chi connectivity index (χ1) is 16.5. The predicted octanol–water partition coefficient (Wildman–Crippen LogP) is 5.69. The zero-order valence-corrected chi connectivity index (χ0v) is 18.0. The van der Waals surface area contributed by atoms with Gasteiger partial charge in [-0.05, 0) is 54.6 Å². The highest BCUT2D eigenvalue weighted by atomic mass is 19.4. The number of fused-ring (bicyclic) bond motifs is 1. The third-order valence-electron chi connectivity index (χ3n) is 4.81. The molecule has 0 aliphatic carbocycles. The molecule has 35 heavy (non-hydrogen) atoms. The molecule has 4 aromatic rings. The van der Waals surface area contributed by atoms with Crippen LogP contribution >= 0.6 is 0 Å². The van der Waals surface area contributed by atoms with Crippen LogP contribution < -0.4 is 20.7 Å². The molecule has 3 aromatic carbocycles. The van der Waals surface area contributed by atoms with E-state index in [1.165, 1.54) is 31.2 Å². The molecular weight excluding hydrogens is 470 g/mol. The van der Waals surface area contributed by atoms with E-state index in [0.29, 0.717) is 45.6 Å². The van der Waals surface area contributed by atoms with Crippen LogP contribution in [0.2, 0.25) is 0 Å². The Morgan fingerprint density at radius 1 is 1.03 bits per heavy atom. The van der Waals surface area contributed by atoms with Crippen molar-refractivity contribution in [3.8, 4) is 11.5 Å². The van der Waals surface area contributed by atoms with Crippen LogP contribution in [0.3, 0.4) is 0 Å². The lowest BCUT2D eigenvalue weighted by molar-refractivity contribution is -0.137. The molecule has 3 amide bonds. The maximum Gasteiger partial charge on any atom is 0.416 e. The third-order valence-corrected chi connectivity index (χ3v) is 4.81. The SMILES string of the molecule is CC(=O)Nc1nc2ccc(Oc3ccc(N(C(N)=O)c4cc(C(F)(F)F)ccc4F)cc3)cc2[nH]1. The second kappa shape index (κ2) is 8.97. The highest BCUT2D eigenvalue weighted by molar-refractivity contribution is 5.98. The maximum absolute atomic E-state index is 14.3. The van der Waals surface area contributed by atoms with Gasteiger partial charge in [-0.3, -0.25) is 15.0 Å². The van der Waals surface area contributed by atoms with E-state index in [1.54, 1.807) is 18.2 Å². The molecule has 0 saturated heterocycles. The number of imidazole rings is 1. The number of aromatic nitrogens is 2. The molecule has 4 N–H and O–H groups in total. The largest absolute Gasteiger partial charge is 0.457 e. The molecule has 0 radical (unpaired) electrons. The lowest BCUT2D eigenvalue weighted by Gasteiger charge is -2.22. The second-order valence-corrected chi connectivity index (χ2v) is 7.38. The monoisotopic (exact) mass is 487 g/mol. The van der Waals surface area contributed by atoms with Gasteiger partial charge < -0.3 is 15.5 Å². The van der Waals surface area contributed by atoms with Crippen molar-refractivity contribution in [2.45, 2.75) is 13.1 Å². The van der Waals surface area contributed by atoms with Crippen LogP contribution in [0, 0.1) is 5.82 Å². The Morgan fingerprint density at radius 2 is 1.71 bits per heavy atom. The van der Waals surface area contributed by atoms with E-state index in [9.17, 15) is 27.2 Å². The Balaban J connectivity index is 1.59. The van der Waals surface area contributed by atoms with Crippen molar-refractivity contribution >= 4 is 40.3 Å². The predicted molar refractivity (Wildman–Crippen MR) is 120 cm³/mol. The molecule has 0 saturated carbocycles. The highest BCUT2D eigenvalue weighted by Crippen LogP contribution is 2.36. The zero-order chi connectivity index (χ0) is 25.3. The van der Waals surface area contributed by atoms with Gasteiger partial charge in [0.05, 0.1) is 28.0 Å². The van der Waals surface area contributed by atoms with Gasteiger partial charge in [0, 0.05) is 13.0 Å². The minimum Gasteiger partial charge on any atom is -0.457 e. The van der Waals surface area contributed by atoms with Crippen molar-refractivity contribution < 1.29 is 31.9 Å². The summed E-state index contributed by atoms with van der Waals surface area (Å²) in [6, 6.07) is 11.1. The number of ether oxygens (including phenoxy) is 1. The second-order valence-electron chi connectivity index (χ2n) is 7.38. The van der Waals surface area contributed by atoms with Gasteiger partial charge in [-0.25, -0.2) is 14.2 Å². The number of H-pyrrole nitrogens is 1. The summed E-state index contributed by atoms with van der Waals surface area (Å²) in [6.07, 6.45) is -4.73. The fourth-order valence-electron chi connectivity index (χ4n) is 3.32. The molecule has 0 aliphatic heterocycles. The van der Waals surface area contributed by atoms with Crippen molar-refractivity contribution in [1.82, 2.24) is 9.97 Å². The molecule has 0 spiro atoms. The van der Waals surface area contributed by atoms with Crippen LogP contribution in [0.15, 0.2) is 60.7 Å². The van der Waals surface area contributed by atoms with E-state index in [-0.39, 0.29) is 17.5 Å². The topological polar surface area (TPSA) is 113 Å². The smallest absolute Gasteiger partial charge is 0.416 e. The highest BCUT2D eigenvalue weighted by Gasteiger charge is 2.32. The summed E-state index contributed by atoms with van der Waals surface area (Å²) in [5, 5.41) is 2.54. The number of primary amides is 1. The van der Waals surface area contributed by atoms with Gasteiger partial charge in [0.2, 0.25) is 11.9 Å². The summed E-state index contributed by atoms with van der Waals surface area (Å²) < 4.78 is 59.4. The summed E-state index contributed by atoms with van der Waals surface area (Å²) >= 11 is 0. The van der Waals surface area contributed by atoms with Crippen molar-refractivity contribution in [1.29, 1.82) is 0 Å². The molecule has 0 atom stereocenters. The first kappa shape index (κ1) is 23.5. The number of nitrogens with one attached hydrogen (secondary N) is 2. The van der Waals surface area contributed by atoms with Crippen molar-refractivity contribution in [2.24, 2.45) is 5.73 Å². The van der Waals surface area contributed by atoms with Crippen molar-refractivity contribution in [2.75, 3.05) is 10.2 Å². The van der Waals surface area contributed by atoms with Gasteiger partial charge in [-0.2, -0.15) is 13.2 Å². The van der Waals surface area contributed by atoms with E-state index >= 15 is 0 Å². The summed E-state index contributed by atoms with van der Waals surface area (Å²) in [6.45, 7) is 1.35. The zero-order valence-electron chi connectivity index (χ0n) is 18.0. The average Bonchev–Trinajstić information content (AvgIpc) is 3.16. The van der Waals surface area contributed by atoms with Gasteiger partial charge in [0.15, 0.2) is 0 Å². The number of nitrogens with two attached hydrogens (primary N) is 1. The number of urea groups is 1. The summed E-state index contributed by atoms with van der Waals surface area (Å²) in [7, 11) is 0. The molecule has 12 heteroatoms. The first-order valence-corrected chi connectivity index (χ1v) is 10.0. The van der Waals surface area contributed by atoms with E-state index in [4.69, 9.17) is 10.5 Å².